The van der Waals surface area contributed by atoms with Gasteiger partial charge in [0, 0.05) is 30.0 Å². The zero-order chi connectivity index (χ0) is 12.5. The van der Waals surface area contributed by atoms with E-state index >= 15 is 0 Å². The highest BCUT2D eigenvalue weighted by Gasteiger charge is 2.07. The van der Waals surface area contributed by atoms with Crippen molar-refractivity contribution in [1.82, 2.24) is 4.90 Å². The first-order chi connectivity index (χ1) is 8.31. The minimum Gasteiger partial charge on any atom is -0.384 e. The molecule has 0 aliphatic carbocycles. The topological polar surface area (TPSA) is 47.3 Å². The van der Waals surface area contributed by atoms with Crippen LogP contribution in [0.5, 0.6) is 0 Å². The lowest BCUT2D eigenvalue weighted by Gasteiger charge is -2.18. The fourth-order valence-corrected chi connectivity index (χ4v) is 2.34. The highest BCUT2D eigenvalue weighted by Crippen LogP contribution is 2.18. The van der Waals surface area contributed by atoms with Gasteiger partial charge in [-0.25, -0.2) is 0 Å². The molecule has 0 aliphatic rings. The van der Waals surface area contributed by atoms with Crippen LogP contribution < -0.4 is 0 Å². The molecule has 1 aromatic rings. The average Bonchev–Trinajstić information content (AvgIpc) is 2.79. The second-order valence-electron chi connectivity index (χ2n) is 3.49. The Kier molecular flexibility index (Phi) is 6.35. The minimum absolute atomic E-state index is 0.110. The lowest BCUT2D eigenvalue weighted by molar-refractivity contribution is 0.289. The standard InChI is InChI=1S/C13H16N2OS/c1-2-15(8-4-7-14)11-13-12(5-3-9-16)6-10-17-13/h6,10,16H,2,4,8-9,11H2,1H3. The summed E-state index contributed by atoms with van der Waals surface area (Å²) in [6.45, 7) is 4.51. The molecule has 0 fully saturated rings. The highest BCUT2D eigenvalue weighted by molar-refractivity contribution is 7.10. The zero-order valence-corrected chi connectivity index (χ0v) is 10.8. The Morgan fingerprint density at radius 2 is 2.35 bits per heavy atom. The molecule has 3 nitrogen and oxygen atoms in total. The summed E-state index contributed by atoms with van der Waals surface area (Å²) in [7, 11) is 0. The molecule has 0 bridgehead atoms. The van der Waals surface area contributed by atoms with E-state index in [0.29, 0.717) is 6.42 Å². The molecular weight excluding hydrogens is 232 g/mol. The first-order valence-electron chi connectivity index (χ1n) is 5.57. The summed E-state index contributed by atoms with van der Waals surface area (Å²) in [5.41, 5.74) is 0.986. The summed E-state index contributed by atoms with van der Waals surface area (Å²) in [6.07, 6.45) is 0.552. The van der Waals surface area contributed by atoms with Gasteiger partial charge in [-0.05, 0) is 18.0 Å². The number of thiophene rings is 1. The zero-order valence-electron chi connectivity index (χ0n) is 9.94. The van der Waals surface area contributed by atoms with E-state index in [4.69, 9.17) is 10.4 Å². The number of aliphatic hydroxyl groups is 1. The molecule has 1 heterocycles. The van der Waals surface area contributed by atoms with Gasteiger partial charge >= 0.3 is 0 Å². The van der Waals surface area contributed by atoms with Crippen molar-refractivity contribution in [3.8, 4) is 17.9 Å². The number of rotatable bonds is 5. The molecule has 0 spiro atoms. The molecule has 0 saturated carbocycles. The van der Waals surface area contributed by atoms with Gasteiger partial charge in [0.25, 0.3) is 0 Å². The van der Waals surface area contributed by atoms with E-state index in [2.05, 4.69) is 29.7 Å². The van der Waals surface area contributed by atoms with Crippen molar-refractivity contribution in [1.29, 1.82) is 5.26 Å². The molecule has 1 rings (SSSR count). The number of aliphatic hydroxyl groups excluding tert-OH is 1. The van der Waals surface area contributed by atoms with Gasteiger partial charge in [0.05, 0.1) is 6.07 Å². The Balaban J connectivity index is 2.66. The summed E-state index contributed by atoms with van der Waals surface area (Å²) >= 11 is 1.67. The van der Waals surface area contributed by atoms with E-state index in [1.165, 1.54) is 4.88 Å². The van der Waals surface area contributed by atoms with Crippen LogP contribution in [0.3, 0.4) is 0 Å². The normalized spacial score (nSPS) is 9.76. The van der Waals surface area contributed by atoms with Crippen LogP contribution in [0.15, 0.2) is 11.4 Å². The van der Waals surface area contributed by atoms with Crippen LogP contribution in [-0.4, -0.2) is 29.7 Å². The van der Waals surface area contributed by atoms with Gasteiger partial charge in [-0.3, -0.25) is 4.90 Å². The fraction of sp³-hybridized carbons (Fsp3) is 0.462. The Morgan fingerprint density at radius 1 is 1.53 bits per heavy atom. The van der Waals surface area contributed by atoms with E-state index < -0.39 is 0 Å². The molecular formula is C13H16N2OS. The van der Waals surface area contributed by atoms with E-state index in [-0.39, 0.29) is 6.61 Å². The van der Waals surface area contributed by atoms with Crippen molar-refractivity contribution in [3.63, 3.8) is 0 Å². The van der Waals surface area contributed by atoms with Crippen molar-refractivity contribution in [2.45, 2.75) is 19.9 Å². The molecule has 4 heteroatoms. The van der Waals surface area contributed by atoms with Crippen LogP contribution in [0.1, 0.15) is 23.8 Å². The van der Waals surface area contributed by atoms with E-state index in [0.717, 1.165) is 25.2 Å². The SMILES string of the molecule is CCN(CCC#N)Cc1sccc1C#CCO. The maximum absolute atomic E-state index is 8.68. The molecule has 1 aromatic heterocycles. The Labute approximate surface area is 106 Å². The third-order valence-electron chi connectivity index (χ3n) is 2.40. The van der Waals surface area contributed by atoms with Gasteiger partial charge in [0.2, 0.25) is 0 Å². The minimum atomic E-state index is -0.110. The lowest BCUT2D eigenvalue weighted by Crippen LogP contribution is -2.23. The van der Waals surface area contributed by atoms with Crippen LogP contribution in [0.4, 0.5) is 0 Å². The average molecular weight is 248 g/mol. The first-order valence-corrected chi connectivity index (χ1v) is 6.45. The monoisotopic (exact) mass is 248 g/mol. The van der Waals surface area contributed by atoms with Gasteiger partial charge in [-0.15, -0.1) is 11.3 Å². The Hall–Kier alpha value is -1.33. The second kappa shape index (κ2) is 7.86. The van der Waals surface area contributed by atoms with Gasteiger partial charge < -0.3 is 5.11 Å². The number of nitrogens with zero attached hydrogens (tertiary/aromatic N) is 2. The lowest BCUT2D eigenvalue weighted by atomic mass is 10.2. The van der Waals surface area contributed by atoms with Crippen molar-refractivity contribution in [2.75, 3.05) is 19.7 Å². The smallest absolute Gasteiger partial charge is 0.104 e. The van der Waals surface area contributed by atoms with Crippen molar-refractivity contribution in [3.05, 3.63) is 21.9 Å². The molecule has 0 aliphatic heterocycles. The van der Waals surface area contributed by atoms with Crippen molar-refractivity contribution in [2.24, 2.45) is 0 Å². The van der Waals surface area contributed by atoms with E-state index in [1.54, 1.807) is 11.3 Å². The summed E-state index contributed by atoms with van der Waals surface area (Å²) in [5.74, 6) is 5.61. The molecule has 0 atom stereocenters. The van der Waals surface area contributed by atoms with E-state index in [9.17, 15) is 0 Å². The van der Waals surface area contributed by atoms with Crippen LogP contribution in [-0.2, 0) is 6.54 Å². The molecule has 90 valence electrons. The number of hydrogen-bond donors (Lipinski definition) is 1. The predicted octanol–water partition coefficient (Wildman–Crippen LogP) is 1.83. The second-order valence-corrected chi connectivity index (χ2v) is 4.49. The molecule has 0 unspecified atom stereocenters. The van der Waals surface area contributed by atoms with Gasteiger partial charge in [0.15, 0.2) is 0 Å². The maximum Gasteiger partial charge on any atom is 0.104 e. The number of hydrogen-bond acceptors (Lipinski definition) is 4. The number of nitriles is 1. The summed E-state index contributed by atoms with van der Waals surface area (Å²) in [6, 6.07) is 4.13. The maximum atomic E-state index is 8.68. The Bertz CT molecular complexity index is 436. The summed E-state index contributed by atoms with van der Waals surface area (Å²) in [5, 5.41) is 19.3. The molecule has 0 aromatic carbocycles. The van der Waals surface area contributed by atoms with Crippen LogP contribution in [0.25, 0.3) is 0 Å². The molecule has 0 radical (unpaired) electrons. The van der Waals surface area contributed by atoms with Crippen molar-refractivity contribution >= 4 is 11.3 Å². The van der Waals surface area contributed by atoms with Gasteiger partial charge in [-0.1, -0.05) is 18.8 Å². The third kappa shape index (κ3) is 4.58. The molecule has 0 amide bonds. The quantitative estimate of drug-likeness (QED) is 0.809. The molecule has 17 heavy (non-hydrogen) atoms. The molecule has 1 N–H and O–H groups in total. The van der Waals surface area contributed by atoms with Gasteiger partial charge in [-0.2, -0.15) is 5.26 Å². The highest BCUT2D eigenvalue weighted by atomic mass is 32.1. The largest absolute Gasteiger partial charge is 0.384 e. The third-order valence-corrected chi connectivity index (χ3v) is 3.31. The first kappa shape index (κ1) is 13.7. The van der Waals surface area contributed by atoms with Crippen LogP contribution in [0, 0.1) is 23.2 Å². The van der Waals surface area contributed by atoms with Crippen molar-refractivity contribution < 1.29 is 5.11 Å². The summed E-state index contributed by atoms with van der Waals surface area (Å²) < 4.78 is 0. The van der Waals surface area contributed by atoms with E-state index in [1.807, 2.05) is 11.4 Å². The Morgan fingerprint density at radius 3 is 3.00 bits per heavy atom. The van der Waals surface area contributed by atoms with Gasteiger partial charge in [0.1, 0.15) is 6.61 Å². The predicted molar refractivity (Wildman–Crippen MR) is 69.5 cm³/mol. The fourth-order valence-electron chi connectivity index (χ4n) is 1.47. The van der Waals surface area contributed by atoms with Crippen LogP contribution in [0.2, 0.25) is 0 Å². The summed E-state index contributed by atoms with van der Waals surface area (Å²) in [4.78, 5) is 3.42. The van der Waals surface area contributed by atoms with Crippen LogP contribution >= 0.6 is 11.3 Å². The molecule has 0 saturated heterocycles.